The molecule has 2 heterocycles. The Morgan fingerprint density at radius 2 is 0.900 bits per heavy atom. The van der Waals surface area contributed by atoms with Gasteiger partial charge in [-0.15, -0.1) is 8.67 Å². The number of aryl methyl sites for hydroxylation is 2. The van der Waals surface area contributed by atoms with Crippen LogP contribution in [0.2, 0.25) is 0 Å². The molecule has 3 rings (SSSR count). The molecule has 0 saturated carbocycles. The van der Waals surface area contributed by atoms with Crippen LogP contribution in [0.3, 0.4) is 0 Å². The highest BCUT2D eigenvalue weighted by Gasteiger charge is 2.14. The van der Waals surface area contributed by atoms with E-state index in [1.807, 2.05) is 6.92 Å². The molecule has 0 amide bonds. The van der Waals surface area contributed by atoms with Crippen LogP contribution in [0.15, 0.2) is 12.1 Å². The van der Waals surface area contributed by atoms with Crippen LogP contribution in [0.5, 0.6) is 0 Å². The highest BCUT2D eigenvalue weighted by molar-refractivity contribution is 7.94. The van der Waals surface area contributed by atoms with Gasteiger partial charge in [-0.05, 0) is 37.1 Å². The van der Waals surface area contributed by atoms with Crippen LogP contribution < -0.4 is 31.9 Å². The van der Waals surface area contributed by atoms with Crippen molar-refractivity contribution < 1.29 is 55.2 Å². The molecule has 0 aliphatic carbocycles. The maximum absolute atomic E-state index is 11.1. The van der Waals surface area contributed by atoms with E-state index in [0.717, 1.165) is 29.6 Å². The number of hydrogen-bond donors (Lipinski definition) is 10. The van der Waals surface area contributed by atoms with Crippen molar-refractivity contribution in [3.63, 3.8) is 0 Å². The summed E-state index contributed by atoms with van der Waals surface area (Å²) < 4.78 is 71.3. The first-order valence-corrected chi connectivity index (χ1v) is 19.0. The molecule has 0 spiro atoms. The summed E-state index contributed by atoms with van der Waals surface area (Å²) >= 11 is 1.69. The number of anilines is 8. The van der Waals surface area contributed by atoms with E-state index in [-0.39, 0.29) is 48.8 Å². The Morgan fingerprint density at radius 3 is 1.22 bits per heavy atom. The molecule has 0 saturated heterocycles. The lowest BCUT2D eigenvalue weighted by molar-refractivity contribution is -0.432. The minimum atomic E-state index is -4.27. The average Bonchev–Trinajstić information content (AvgIpc) is 3.02. The number of nitrogens with one attached hydrogen (secondary N) is 6. The lowest BCUT2D eigenvalue weighted by Gasteiger charge is -2.16. The van der Waals surface area contributed by atoms with Gasteiger partial charge >= 0.3 is 0 Å². The molecular weight excluding hydrogens is 753 g/mol. The quantitative estimate of drug-likeness (QED) is 0.0203. The molecule has 24 nitrogen and oxygen atoms in total. The molecule has 1 aromatic carbocycles. The van der Waals surface area contributed by atoms with Gasteiger partial charge in [0.25, 0.3) is 20.2 Å². The normalized spacial score (nSPS) is 11.6. The lowest BCUT2D eigenvalue weighted by atomic mass is 10.1. The molecule has 278 valence electrons. The van der Waals surface area contributed by atoms with Gasteiger partial charge in [-0.25, -0.2) is 10.5 Å². The Kier molecular flexibility index (Phi) is 16.5. The van der Waals surface area contributed by atoms with E-state index >= 15 is 0 Å². The Morgan fingerprint density at radius 1 is 0.580 bits per heavy atom. The van der Waals surface area contributed by atoms with Gasteiger partial charge in [-0.1, -0.05) is 10.1 Å². The standard InChI is InChI=1S/C22H34N12O12S4/c1-13-12-16(28-22-33-19(25-5-9-49(37,38)39)30-20(34-22)26-6-10-50(40,41)42)14(2)11-15(13)27-21-31-17(23-3-7-47-45-43-35)29-18(32-21)24-4-8-48-46-44-36/h11-12,35-36H,3-10H2,1-2H3,(H,37,38,39)(H,40,41,42)(H3,23,24,27,29,31,32)(H3,25,26,28,30,33,34). The molecule has 28 heteroatoms. The van der Waals surface area contributed by atoms with E-state index < -0.39 is 31.7 Å². The fourth-order valence-corrected chi connectivity index (χ4v) is 4.92. The highest BCUT2D eigenvalue weighted by Crippen LogP contribution is 2.28. The number of aromatic nitrogens is 6. The Hall–Kier alpha value is -3.68. The molecule has 10 N–H and O–H groups in total. The first-order valence-electron chi connectivity index (χ1n) is 14.0. The second-order valence-corrected chi connectivity index (χ2v) is 14.3. The van der Waals surface area contributed by atoms with Gasteiger partial charge in [0.15, 0.2) is 0 Å². The number of nitrogens with zero attached hydrogens (tertiary/aromatic N) is 6. The van der Waals surface area contributed by atoms with Crippen molar-refractivity contribution in [1.29, 1.82) is 0 Å². The van der Waals surface area contributed by atoms with Gasteiger partial charge in [-0.3, -0.25) is 9.11 Å². The zero-order valence-corrected chi connectivity index (χ0v) is 29.4. The summed E-state index contributed by atoms with van der Waals surface area (Å²) in [5, 5.41) is 41.2. The smallest absolute Gasteiger partial charge is 0.266 e. The Labute approximate surface area is 293 Å². The van der Waals surface area contributed by atoms with Gasteiger partial charge in [0, 0.05) is 73.1 Å². The van der Waals surface area contributed by atoms with Gasteiger partial charge < -0.3 is 31.9 Å². The third-order valence-electron chi connectivity index (χ3n) is 5.72. The zero-order valence-electron chi connectivity index (χ0n) is 26.2. The predicted octanol–water partition coefficient (Wildman–Crippen LogP) is 1.72. The minimum Gasteiger partial charge on any atom is -0.353 e. The van der Waals surface area contributed by atoms with E-state index in [2.05, 4.69) is 80.5 Å². The number of benzene rings is 1. The largest absolute Gasteiger partial charge is 0.353 e. The number of rotatable bonds is 24. The summed E-state index contributed by atoms with van der Waals surface area (Å²) in [6.07, 6.45) is 0. The first-order chi connectivity index (χ1) is 23.7. The van der Waals surface area contributed by atoms with Gasteiger partial charge in [-0.2, -0.15) is 46.7 Å². The highest BCUT2D eigenvalue weighted by atomic mass is 32.2. The molecule has 0 bridgehead atoms. The molecule has 0 atom stereocenters. The summed E-state index contributed by atoms with van der Waals surface area (Å²) in [4.78, 5) is 25.6. The molecule has 2 aromatic heterocycles. The summed E-state index contributed by atoms with van der Waals surface area (Å²) in [5.41, 5.74) is 2.62. The zero-order chi connectivity index (χ0) is 36.6. The van der Waals surface area contributed by atoms with Crippen molar-refractivity contribution in [3.05, 3.63) is 23.3 Å². The summed E-state index contributed by atoms with van der Waals surface area (Å²) in [6.45, 7) is 3.79. The Balaban J connectivity index is 1.81. The molecule has 50 heavy (non-hydrogen) atoms. The number of hydrogen-bond acceptors (Lipinski definition) is 24. The predicted molar refractivity (Wildman–Crippen MR) is 183 cm³/mol. The van der Waals surface area contributed by atoms with Crippen LogP contribution >= 0.6 is 24.1 Å². The van der Waals surface area contributed by atoms with Gasteiger partial charge in [0.05, 0.1) is 11.5 Å². The molecule has 0 fully saturated rings. The summed E-state index contributed by atoms with van der Waals surface area (Å²) in [6, 6.07) is 3.57. The minimum absolute atomic E-state index is 0.000881. The first kappa shape index (κ1) is 40.7. The van der Waals surface area contributed by atoms with Gasteiger partial charge in [0.2, 0.25) is 35.7 Å². The summed E-state index contributed by atoms with van der Waals surface area (Å²) in [5.74, 6) is -0.0940. The lowest BCUT2D eigenvalue weighted by Crippen LogP contribution is -2.19. The van der Waals surface area contributed by atoms with E-state index in [0.29, 0.717) is 41.5 Å². The van der Waals surface area contributed by atoms with E-state index in [4.69, 9.17) is 19.6 Å². The molecule has 0 aliphatic heterocycles. The van der Waals surface area contributed by atoms with Crippen molar-refractivity contribution >= 4 is 91.4 Å². The topological polar surface area (TPSA) is 336 Å². The van der Waals surface area contributed by atoms with Crippen LogP contribution in [-0.4, -0.2) is 116 Å². The fraction of sp³-hybridized carbons (Fsp3) is 0.455. The van der Waals surface area contributed by atoms with Crippen LogP contribution in [0.1, 0.15) is 11.1 Å². The third-order valence-corrected chi connectivity index (χ3v) is 8.21. The van der Waals surface area contributed by atoms with Crippen molar-refractivity contribution in [1.82, 2.24) is 29.9 Å². The Bertz CT molecular complexity index is 1670. The average molecular weight is 787 g/mol. The fourth-order valence-electron chi connectivity index (χ4n) is 3.61. The van der Waals surface area contributed by atoms with Crippen molar-refractivity contribution in [3.8, 4) is 0 Å². The molecular formula is C22H34N12O12S4. The van der Waals surface area contributed by atoms with Crippen LogP contribution in [0.25, 0.3) is 0 Å². The second-order valence-electron chi connectivity index (χ2n) is 9.55. The van der Waals surface area contributed by atoms with Crippen molar-refractivity contribution in [2.75, 3.05) is 81.1 Å². The maximum atomic E-state index is 11.1. The van der Waals surface area contributed by atoms with Crippen LogP contribution in [0.4, 0.5) is 47.1 Å². The second kappa shape index (κ2) is 20.2. The van der Waals surface area contributed by atoms with Crippen LogP contribution in [0, 0.1) is 13.8 Å². The van der Waals surface area contributed by atoms with E-state index in [1.54, 1.807) is 19.1 Å². The van der Waals surface area contributed by atoms with Gasteiger partial charge in [0.1, 0.15) is 0 Å². The van der Waals surface area contributed by atoms with Crippen LogP contribution in [-0.2, 0) is 39.0 Å². The molecule has 0 radical (unpaired) electrons. The molecule has 0 unspecified atom stereocenters. The van der Waals surface area contributed by atoms with E-state index in [1.165, 1.54) is 0 Å². The third kappa shape index (κ3) is 15.9. The van der Waals surface area contributed by atoms with Crippen molar-refractivity contribution in [2.24, 2.45) is 0 Å². The maximum Gasteiger partial charge on any atom is 0.266 e. The monoisotopic (exact) mass is 786 g/mol. The summed E-state index contributed by atoms with van der Waals surface area (Å²) in [7, 11) is -8.54. The SMILES string of the molecule is Cc1cc(Nc2nc(NCCS(=O)(=O)O)nc(NCCS(=O)(=O)O)n2)c(C)cc1Nc1nc(NCCSOOO)nc(NCCSOOO)n1. The van der Waals surface area contributed by atoms with E-state index in [9.17, 15) is 16.8 Å². The van der Waals surface area contributed by atoms with Crippen molar-refractivity contribution in [2.45, 2.75) is 13.8 Å². The molecule has 0 aliphatic rings. The molecule has 3 aromatic rings.